The van der Waals surface area contributed by atoms with Crippen molar-refractivity contribution in [2.75, 3.05) is 10.6 Å². The molecule has 0 radical (unpaired) electrons. The van der Waals surface area contributed by atoms with Crippen LogP contribution in [-0.4, -0.2) is 36.3 Å². The van der Waals surface area contributed by atoms with Gasteiger partial charge in [0.15, 0.2) is 5.69 Å². The lowest BCUT2D eigenvalue weighted by Gasteiger charge is -2.08. The molecule has 0 saturated heterocycles. The maximum atomic E-state index is 12.4. The van der Waals surface area contributed by atoms with Crippen LogP contribution in [0.1, 0.15) is 21.0 Å². The number of carbonyl (C=O) groups is 2. The summed E-state index contributed by atoms with van der Waals surface area (Å²) in [7, 11) is 3.13. The van der Waals surface area contributed by atoms with Gasteiger partial charge < -0.3 is 10.6 Å². The fourth-order valence-electron chi connectivity index (χ4n) is 2.42. The van der Waals surface area contributed by atoms with Crippen LogP contribution in [0.2, 0.25) is 0 Å². The molecule has 2 N–H and O–H groups in total. The van der Waals surface area contributed by atoms with Crippen molar-refractivity contribution < 1.29 is 14.5 Å². The Morgan fingerprint density at radius 1 is 1.11 bits per heavy atom. The van der Waals surface area contributed by atoms with Gasteiger partial charge in [0.25, 0.3) is 11.8 Å². The molecule has 1 aromatic carbocycles. The Labute approximate surface area is 152 Å². The number of nitrogens with one attached hydrogen (secondary N) is 2. The minimum atomic E-state index is -0.685. The summed E-state index contributed by atoms with van der Waals surface area (Å²) in [4.78, 5) is 34.9. The minimum absolute atomic E-state index is 0.178. The summed E-state index contributed by atoms with van der Waals surface area (Å²) in [6.07, 6.45) is 2.66. The molecule has 0 saturated carbocycles. The Balaban J connectivity index is 1.76. The molecule has 27 heavy (non-hydrogen) atoms. The molecule has 138 valence electrons. The largest absolute Gasteiger partial charge is 0.321 e. The van der Waals surface area contributed by atoms with Crippen molar-refractivity contribution in [1.29, 1.82) is 0 Å². The third kappa shape index (κ3) is 3.81. The Bertz CT molecular complexity index is 1040. The van der Waals surface area contributed by atoms with Crippen LogP contribution in [0.4, 0.5) is 17.1 Å². The molecule has 11 nitrogen and oxygen atoms in total. The van der Waals surface area contributed by atoms with Crippen molar-refractivity contribution in [3.05, 3.63) is 64.2 Å². The second kappa shape index (κ2) is 7.07. The maximum absolute atomic E-state index is 12.4. The van der Waals surface area contributed by atoms with Crippen LogP contribution >= 0.6 is 0 Å². The molecule has 3 aromatic rings. The number of amides is 2. The summed E-state index contributed by atoms with van der Waals surface area (Å²) in [6, 6.07) is 7.96. The number of nitro groups is 1. The van der Waals surface area contributed by atoms with Crippen LogP contribution in [-0.2, 0) is 14.1 Å². The molecular weight excluding hydrogens is 354 g/mol. The highest BCUT2D eigenvalue weighted by molar-refractivity contribution is 6.06. The average Bonchev–Trinajstić information content (AvgIpc) is 3.21. The summed E-state index contributed by atoms with van der Waals surface area (Å²) in [5.74, 6) is -1.09. The van der Waals surface area contributed by atoms with Gasteiger partial charge in [0, 0.05) is 31.7 Å². The van der Waals surface area contributed by atoms with Crippen LogP contribution < -0.4 is 10.6 Å². The molecule has 0 bridgehead atoms. The summed E-state index contributed by atoms with van der Waals surface area (Å²) in [6.45, 7) is 0. The first-order valence-electron chi connectivity index (χ1n) is 7.74. The molecule has 2 aromatic heterocycles. The van der Waals surface area contributed by atoms with Crippen LogP contribution in [0.5, 0.6) is 0 Å². The highest BCUT2D eigenvalue weighted by Crippen LogP contribution is 2.20. The zero-order valence-electron chi connectivity index (χ0n) is 14.4. The number of aromatic nitrogens is 4. The third-order valence-corrected chi connectivity index (χ3v) is 3.66. The van der Waals surface area contributed by atoms with Crippen LogP contribution in [0.15, 0.2) is 42.7 Å². The first-order chi connectivity index (χ1) is 12.8. The monoisotopic (exact) mass is 369 g/mol. The van der Waals surface area contributed by atoms with Crippen molar-refractivity contribution in [2.24, 2.45) is 14.1 Å². The Morgan fingerprint density at radius 3 is 2.37 bits per heavy atom. The lowest BCUT2D eigenvalue weighted by atomic mass is 10.2. The molecule has 0 atom stereocenters. The second-order valence-electron chi connectivity index (χ2n) is 5.62. The number of benzene rings is 1. The van der Waals surface area contributed by atoms with Crippen molar-refractivity contribution in [1.82, 2.24) is 19.6 Å². The molecule has 11 heteroatoms. The number of carbonyl (C=O) groups excluding carboxylic acids is 2. The number of hydrogen-bond donors (Lipinski definition) is 2. The summed E-state index contributed by atoms with van der Waals surface area (Å²) in [5, 5.41) is 24.0. The first kappa shape index (κ1) is 17.8. The van der Waals surface area contributed by atoms with Crippen molar-refractivity contribution in [2.45, 2.75) is 0 Å². The Kier molecular flexibility index (Phi) is 4.66. The molecular formula is C16H15N7O4. The van der Waals surface area contributed by atoms with E-state index in [9.17, 15) is 19.7 Å². The van der Waals surface area contributed by atoms with E-state index in [4.69, 9.17) is 0 Å². The molecule has 0 aliphatic carbocycles. The molecule has 0 aliphatic rings. The van der Waals surface area contributed by atoms with E-state index in [0.29, 0.717) is 11.4 Å². The topological polar surface area (TPSA) is 137 Å². The first-order valence-corrected chi connectivity index (χ1v) is 7.74. The molecule has 2 heterocycles. The molecule has 0 fully saturated rings. The second-order valence-corrected chi connectivity index (χ2v) is 5.62. The number of aryl methyl sites for hydroxylation is 2. The minimum Gasteiger partial charge on any atom is -0.321 e. The number of anilines is 2. The van der Waals surface area contributed by atoms with Gasteiger partial charge in [-0.15, -0.1) is 0 Å². The van der Waals surface area contributed by atoms with Crippen molar-refractivity contribution in [3.8, 4) is 0 Å². The van der Waals surface area contributed by atoms with E-state index in [0.717, 1.165) is 10.9 Å². The van der Waals surface area contributed by atoms with Crippen LogP contribution in [0.3, 0.4) is 0 Å². The summed E-state index contributed by atoms with van der Waals surface area (Å²) < 4.78 is 2.63. The smallest absolute Gasteiger partial charge is 0.320 e. The van der Waals surface area contributed by atoms with Gasteiger partial charge in [-0.1, -0.05) is 6.07 Å². The fraction of sp³-hybridized carbons (Fsp3) is 0.125. The van der Waals surface area contributed by atoms with Gasteiger partial charge in [0.2, 0.25) is 5.69 Å². The standard InChI is InChI=1S/C16H15N7O4/c1-21-7-6-12(20-21)15(24)18-10-4-3-5-11(8-10)19-16(25)14-13(23(26)27)9-17-22(14)2/h3-9H,1-2H3,(H,18,24)(H,19,25). The highest BCUT2D eigenvalue weighted by Gasteiger charge is 2.25. The predicted octanol–water partition coefficient (Wildman–Crippen LogP) is 1.57. The highest BCUT2D eigenvalue weighted by atomic mass is 16.6. The van der Waals surface area contributed by atoms with Gasteiger partial charge in [-0.2, -0.15) is 10.2 Å². The average molecular weight is 369 g/mol. The quantitative estimate of drug-likeness (QED) is 0.517. The van der Waals surface area contributed by atoms with Gasteiger partial charge in [-0.05, 0) is 24.3 Å². The maximum Gasteiger partial charge on any atom is 0.320 e. The van der Waals surface area contributed by atoms with Gasteiger partial charge in [0.05, 0.1) is 4.92 Å². The van der Waals surface area contributed by atoms with Crippen LogP contribution in [0.25, 0.3) is 0 Å². The zero-order chi connectivity index (χ0) is 19.6. The van der Waals surface area contributed by atoms with E-state index in [1.54, 1.807) is 37.5 Å². The fourth-order valence-corrected chi connectivity index (χ4v) is 2.42. The van der Waals surface area contributed by atoms with Gasteiger partial charge in [0.1, 0.15) is 6.20 Å². The lowest BCUT2D eigenvalue weighted by Crippen LogP contribution is -2.18. The zero-order valence-corrected chi connectivity index (χ0v) is 14.4. The number of hydrogen-bond acceptors (Lipinski definition) is 6. The molecule has 2 amide bonds. The van der Waals surface area contributed by atoms with Gasteiger partial charge in [-0.25, -0.2) is 0 Å². The Morgan fingerprint density at radius 2 is 1.78 bits per heavy atom. The van der Waals surface area contributed by atoms with Gasteiger partial charge >= 0.3 is 5.69 Å². The van der Waals surface area contributed by atoms with E-state index >= 15 is 0 Å². The molecule has 0 unspecified atom stereocenters. The van der Waals surface area contributed by atoms with E-state index < -0.39 is 22.4 Å². The SMILES string of the molecule is Cn1ccc(C(=O)Nc2cccc(NC(=O)c3c([N+](=O)[O-])cnn3C)c2)n1. The van der Waals surface area contributed by atoms with E-state index in [2.05, 4.69) is 20.8 Å². The predicted molar refractivity (Wildman–Crippen MR) is 95.4 cm³/mol. The Hall–Kier alpha value is -4.02. The van der Waals surface area contributed by atoms with Crippen LogP contribution in [0, 0.1) is 10.1 Å². The van der Waals surface area contributed by atoms with E-state index in [1.807, 2.05) is 0 Å². The summed E-state index contributed by atoms with van der Waals surface area (Å²) in [5.41, 5.74) is 0.465. The molecule has 0 spiro atoms. The molecule has 3 rings (SSSR count). The number of nitrogens with zero attached hydrogens (tertiary/aromatic N) is 5. The van der Waals surface area contributed by atoms with Gasteiger partial charge in [-0.3, -0.25) is 29.1 Å². The van der Waals surface area contributed by atoms with E-state index in [-0.39, 0.29) is 11.4 Å². The number of rotatable bonds is 5. The normalized spacial score (nSPS) is 10.4. The third-order valence-electron chi connectivity index (χ3n) is 3.66. The molecule has 0 aliphatic heterocycles. The van der Waals surface area contributed by atoms with E-state index in [1.165, 1.54) is 17.8 Å². The van der Waals surface area contributed by atoms with Crippen molar-refractivity contribution in [3.63, 3.8) is 0 Å². The van der Waals surface area contributed by atoms with Crippen molar-refractivity contribution >= 4 is 28.9 Å². The lowest BCUT2D eigenvalue weighted by molar-refractivity contribution is -0.385. The summed E-state index contributed by atoms with van der Waals surface area (Å²) >= 11 is 0.